The minimum atomic E-state index is -0.188. The van der Waals surface area contributed by atoms with E-state index in [2.05, 4.69) is 10.6 Å². The highest BCUT2D eigenvalue weighted by Gasteiger charge is 2.15. The lowest BCUT2D eigenvalue weighted by molar-refractivity contribution is 0.0953. The van der Waals surface area contributed by atoms with Crippen LogP contribution in [-0.2, 0) is 0 Å². The molecule has 6 nitrogen and oxygen atoms in total. The Bertz CT molecular complexity index is 1060. The normalized spacial score (nSPS) is 12.3. The van der Waals surface area contributed by atoms with E-state index in [9.17, 15) is 9.59 Å². The molecule has 0 saturated carbocycles. The Morgan fingerprint density at radius 1 is 0.933 bits per heavy atom. The standard InChI is InChI=1S/C23H22N2O4S/c1-2-11-24-22(26)15-3-6-17(7-4-15)25-23(27)21-10-9-20(30-21)16-5-8-18-19(14-16)29-13-12-28-18/h3-10,14H,2,11-13H2,1H3,(H,24,26)(H,25,27). The van der Waals surface area contributed by atoms with E-state index in [-0.39, 0.29) is 11.8 Å². The van der Waals surface area contributed by atoms with Crippen molar-refractivity contribution in [3.63, 3.8) is 0 Å². The van der Waals surface area contributed by atoms with Gasteiger partial charge in [-0.3, -0.25) is 9.59 Å². The van der Waals surface area contributed by atoms with Gasteiger partial charge < -0.3 is 20.1 Å². The van der Waals surface area contributed by atoms with Crippen molar-refractivity contribution in [2.75, 3.05) is 25.1 Å². The second kappa shape index (κ2) is 9.00. The van der Waals surface area contributed by atoms with E-state index in [4.69, 9.17) is 9.47 Å². The van der Waals surface area contributed by atoms with E-state index in [1.54, 1.807) is 30.3 Å². The first-order chi connectivity index (χ1) is 14.6. The van der Waals surface area contributed by atoms with Crippen molar-refractivity contribution < 1.29 is 19.1 Å². The summed E-state index contributed by atoms with van der Waals surface area (Å²) in [7, 11) is 0. The number of amides is 2. The van der Waals surface area contributed by atoms with Gasteiger partial charge in [-0.2, -0.15) is 0 Å². The topological polar surface area (TPSA) is 76.7 Å². The fraction of sp³-hybridized carbons (Fsp3) is 0.217. The molecule has 2 heterocycles. The van der Waals surface area contributed by atoms with Gasteiger partial charge in [0.25, 0.3) is 11.8 Å². The summed E-state index contributed by atoms with van der Waals surface area (Å²) in [5, 5.41) is 5.71. The number of thiophene rings is 1. The van der Waals surface area contributed by atoms with Gasteiger partial charge in [0, 0.05) is 22.7 Å². The van der Waals surface area contributed by atoms with Gasteiger partial charge in [0.05, 0.1) is 4.88 Å². The summed E-state index contributed by atoms with van der Waals surface area (Å²) in [6.45, 7) is 3.73. The van der Waals surface area contributed by atoms with Crippen LogP contribution in [0.15, 0.2) is 54.6 Å². The average molecular weight is 423 g/mol. The zero-order chi connectivity index (χ0) is 20.9. The molecule has 4 rings (SSSR count). The lowest BCUT2D eigenvalue weighted by atomic mass is 10.1. The number of rotatable bonds is 6. The average Bonchev–Trinajstić information content (AvgIpc) is 3.28. The highest BCUT2D eigenvalue weighted by molar-refractivity contribution is 7.17. The van der Waals surface area contributed by atoms with Gasteiger partial charge in [0.15, 0.2) is 11.5 Å². The number of fused-ring (bicyclic) bond motifs is 1. The first-order valence-electron chi connectivity index (χ1n) is 9.83. The van der Waals surface area contributed by atoms with Crippen LogP contribution < -0.4 is 20.1 Å². The molecule has 3 aromatic rings. The predicted molar refractivity (Wildman–Crippen MR) is 118 cm³/mol. The number of hydrogen-bond acceptors (Lipinski definition) is 5. The largest absolute Gasteiger partial charge is 0.486 e. The summed E-state index contributed by atoms with van der Waals surface area (Å²) in [6.07, 6.45) is 0.884. The molecule has 154 valence electrons. The quantitative estimate of drug-likeness (QED) is 0.610. The Hall–Kier alpha value is -3.32. The molecule has 2 amide bonds. The van der Waals surface area contributed by atoms with Crippen molar-refractivity contribution >= 4 is 28.8 Å². The van der Waals surface area contributed by atoms with Gasteiger partial charge in [0.2, 0.25) is 0 Å². The summed E-state index contributed by atoms with van der Waals surface area (Å²) >= 11 is 1.41. The number of nitrogens with one attached hydrogen (secondary N) is 2. The lowest BCUT2D eigenvalue weighted by Gasteiger charge is -2.18. The molecular weight excluding hydrogens is 400 g/mol. The summed E-state index contributed by atoms with van der Waals surface area (Å²) < 4.78 is 11.2. The first-order valence-corrected chi connectivity index (χ1v) is 10.6. The Labute approximate surface area is 178 Å². The van der Waals surface area contributed by atoms with Crippen LogP contribution >= 0.6 is 11.3 Å². The number of anilines is 1. The van der Waals surface area contributed by atoms with Crippen molar-refractivity contribution in [3.05, 3.63) is 65.0 Å². The molecule has 7 heteroatoms. The molecule has 0 atom stereocenters. The molecule has 0 fully saturated rings. The van der Waals surface area contributed by atoms with Crippen LogP contribution in [0.1, 0.15) is 33.4 Å². The molecule has 1 aliphatic heterocycles. The smallest absolute Gasteiger partial charge is 0.265 e. The molecule has 0 spiro atoms. The minimum absolute atomic E-state index is 0.114. The molecule has 2 aromatic carbocycles. The second-order valence-electron chi connectivity index (χ2n) is 6.81. The highest BCUT2D eigenvalue weighted by atomic mass is 32.1. The molecule has 1 aliphatic rings. The van der Waals surface area contributed by atoms with Gasteiger partial charge in [-0.25, -0.2) is 0 Å². The van der Waals surface area contributed by atoms with Crippen LogP contribution in [0.3, 0.4) is 0 Å². The number of carbonyl (C=O) groups excluding carboxylic acids is 2. The zero-order valence-electron chi connectivity index (χ0n) is 16.6. The number of carbonyl (C=O) groups is 2. The molecule has 0 unspecified atom stereocenters. The Balaban J connectivity index is 1.42. The second-order valence-corrected chi connectivity index (χ2v) is 7.89. The van der Waals surface area contributed by atoms with Crippen LogP contribution in [0.4, 0.5) is 5.69 Å². The van der Waals surface area contributed by atoms with Crippen molar-refractivity contribution in [3.8, 4) is 21.9 Å². The van der Waals surface area contributed by atoms with E-state index in [1.165, 1.54) is 11.3 Å². The highest BCUT2D eigenvalue weighted by Crippen LogP contribution is 2.37. The molecule has 30 heavy (non-hydrogen) atoms. The third-order valence-electron chi connectivity index (χ3n) is 4.60. The fourth-order valence-corrected chi connectivity index (χ4v) is 3.95. The Morgan fingerprint density at radius 3 is 2.47 bits per heavy atom. The van der Waals surface area contributed by atoms with E-state index < -0.39 is 0 Å². The SMILES string of the molecule is CCCNC(=O)c1ccc(NC(=O)c2ccc(-c3ccc4c(c3)OCCO4)s2)cc1. The zero-order valence-corrected chi connectivity index (χ0v) is 17.4. The predicted octanol–water partition coefficient (Wildman–Crippen LogP) is 4.58. The van der Waals surface area contributed by atoms with Crippen molar-refractivity contribution in [2.24, 2.45) is 0 Å². The summed E-state index contributed by atoms with van der Waals surface area (Å²) in [6, 6.07) is 16.4. The van der Waals surface area contributed by atoms with Gasteiger partial charge in [-0.05, 0) is 66.6 Å². The van der Waals surface area contributed by atoms with E-state index in [0.29, 0.717) is 35.9 Å². The maximum Gasteiger partial charge on any atom is 0.265 e. The molecule has 0 bridgehead atoms. The molecule has 0 aliphatic carbocycles. The van der Waals surface area contributed by atoms with Crippen LogP contribution in [0, 0.1) is 0 Å². The molecule has 1 aromatic heterocycles. The number of hydrogen-bond donors (Lipinski definition) is 2. The molecule has 0 saturated heterocycles. The van der Waals surface area contributed by atoms with Gasteiger partial charge in [-0.1, -0.05) is 6.92 Å². The van der Waals surface area contributed by atoms with Gasteiger partial charge in [-0.15, -0.1) is 11.3 Å². The van der Waals surface area contributed by atoms with Crippen molar-refractivity contribution in [1.29, 1.82) is 0 Å². The van der Waals surface area contributed by atoms with Crippen LogP contribution in [0.25, 0.3) is 10.4 Å². The van der Waals surface area contributed by atoms with E-state index in [1.807, 2.05) is 31.2 Å². The van der Waals surface area contributed by atoms with Gasteiger partial charge >= 0.3 is 0 Å². The van der Waals surface area contributed by atoms with E-state index >= 15 is 0 Å². The monoisotopic (exact) mass is 422 g/mol. The summed E-state index contributed by atoms with van der Waals surface area (Å²) in [5.74, 6) is 1.16. The molecule has 0 radical (unpaired) electrons. The third-order valence-corrected chi connectivity index (χ3v) is 5.73. The van der Waals surface area contributed by atoms with Crippen molar-refractivity contribution in [2.45, 2.75) is 13.3 Å². The number of benzene rings is 2. The molecular formula is C23H22N2O4S. The van der Waals surface area contributed by atoms with Crippen molar-refractivity contribution in [1.82, 2.24) is 5.32 Å². The molecule has 2 N–H and O–H groups in total. The van der Waals surface area contributed by atoms with Gasteiger partial charge in [0.1, 0.15) is 13.2 Å². The van der Waals surface area contributed by atoms with E-state index in [0.717, 1.165) is 28.4 Å². The van der Waals surface area contributed by atoms with Crippen LogP contribution in [0.5, 0.6) is 11.5 Å². The first kappa shape index (κ1) is 20.0. The minimum Gasteiger partial charge on any atom is -0.486 e. The maximum atomic E-state index is 12.6. The summed E-state index contributed by atoms with van der Waals surface area (Å²) in [4.78, 5) is 26.2. The maximum absolute atomic E-state index is 12.6. The lowest BCUT2D eigenvalue weighted by Crippen LogP contribution is -2.23. The summed E-state index contributed by atoms with van der Waals surface area (Å²) in [5.41, 5.74) is 2.19. The third kappa shape index (κ3) is 4.46. The fourth-order valence-electron chi connectivity index (χ4n) is 3.05. The number of ether oxygens (including phenoxy) is 2. The van der Waals surface area contributed by atoms with Crippen LogP contribution in [0.2, 0.25) is 0 Å². The van der Waals surface area contributed by atoms with Crippen LogP contribution in [-0.4, -0.2) is 31.6 Å². The Kier molecular flexibility index (Phi) is 5.99. The Morgan fingerprint density at radius 2 is 1.70 bits per heavy atom.